The molecule has 0 saturated heterocycles. The molecule has 0 fully saturated rings. The molecule has 0 saturated carbocycles. The van der Waals surface area contributed by atoms with Crippen molar-refractivity contribution in [2.45, 2.75) is 77.2 Å². The highest BCUT2D eigenvalue weighted by molar-refractivity contribution is 5.78. The Bertz CT molecular complexity index is 210. The molecule has 0 aromatic heterocycles. The maximum atomic E-state index is 10.6. The average Bonchev–Trinajstić information content (AvgIpc) is 2.39. The first-order valence-corrected chi connectivity index (χ1v) is 7.73. The number of aliphatic hydroxyl groups is 1. The summed E-state index contributed by atoms with van der Waals surface area (Å²) in [6.45, 7) is 3.77. The quantitative estimate of drug-likeness (QED) is 0.478. The highest BCUT2D eigenvalue weighted by Gasteiger charge is 2.09. The van der Waals surface area contributed by atoms with Crippen LogP contribution in [0.3, 0.4) is 0 Å². The Kier molecular flexibility index (Phi) is 13.4. The summed E-state index contributed by atoms with van der Waals surface area (Å²) in [5, 5.41) is 9.17. The van der Waals surface area contributed by atoms with E-state index in [-0.39, 0.29) is 0 Å². The maximum Gasteiger partial charge on any atom is 0.246 e. The van der Waals surface area contributed by atoms with Crippen molar-refractivity contribution in [3.8, 4) is 0 Å². The summed E-state index contributed by atoms with van der Waals surface area (Å²) in [4.78, 5) is 10.6. The number of unbranched alkanes of at least 4 members (excludes halogenated alkanes) is 7. The Morgan fingerprint density at radius 1 is 1.00 bits per heavy atom. The molecule has 4 nitrogen and oxygen atoms in total. The summed E-state index contributed by atoms with van der Waals surface area (Å²) in [6, 6.07) is 0. The molecular formula is C15H31NO3. The summed E-state index contributed by atoms with van der Waals surface area (Å²) in [7, 11) is 0. The molecule has 19 heavy (non-hydrogen) atoms. The van der Waals surface area contributed by atoms with E-state index in [2.05, 4.69) is 6.92 Å². The van der Waals surface area contributed by atoms with Crippen LogP contribution in [-0.2, 0) is 9.53 Å². The van der Waals surface area contributed by atoms with Gasteiger partial charge in [0, 0.05) is 13.2 Å². The topological polar surface area (TPSA) is 72.6 Å². The van der Waals surface area contributed by atoms with Crippen LogP contribution in [0.2, 0.25) is 0 Å². The molecule has 0 rings (SSSR count). The molecule has 0 aliphatic heterocycles. The van der Waals surface area contributed by atoms with Gasteiger partial charge in [0.1, 0.15) is 6.10 Å². The van der Waals surface area contributed by atoms with Gasteiger partial charge in [0.2, 0.25) is 5.91 Å². The van der Waals surface area contributed by atoms with Crippen molar-refractivity contribution in [2.75, 3.05) is 13.2 Å². The summed E-state index contributed by atoms with van der Waals surface area (Å²) in [5.74, 6) is -0.635. The molecule has 0 radical (unpaired) electrons. The predicted octanol–water partition coefficient (Wildman–Crippen LogP) is 2.77. The summed E-state index contributed by atoms with van der Waals surface area (Å²) in [6.07, 6.45) is 10.2. The summed E-state index contributed by atoms with van der Waals surface area (Å²) >= 11 is 0. The summed E-state index contributed by atoms with van der Waals surface area (Å²) in [5.41, 5.74) is 4.96. The van der Waals surface area contributed by atoms with Crippen molar-refractivity contribution in [1.82, 2.24) is 0 Å². The third-order valence-electron chi connectivity index (χ3n) is 3.24. The van der Waals surface area contributed by atoms with Crippen LogP contribution < -0.4 is 5.73 Å². The molecule has 0 aromatic carbocycles. The monoisotopic (exact) mass is 273 g/mol. The Morgan fingerprint density at radius 2 is 1.53 bits per heavy atom. The van der Waals surface area contributed by atoms with Gasteiger partial charge < -0.3 is 15.6 Å². The second kappa shape index (κ2) is 13.8. The van der Waals surface area contributed by atoms with E-state index in [1.165, 1.54) is 38.5 Å². The highest BCUT2D eigenvalue weighted by Crippen LogP contribution is 2.07. The fraction of sp³-hybridized carbons (Fsp3) is 0.933. The predicted molar refractivity (Wildman–Crippen MR) is 77.9 cm³/mol. The zero-order chi connectivity index (χ0) is 14.3. The van der Waals surface area contributed by atoms with E-state index < -0.39 is 12.0 Å². The Balaban J connectivity index is 3.05. The molecule has 0 bridgehead atoms. The lowest BCUT2D eigenvalue weighted by Gasteiger charge is -2.06. The first kappa shape index (κ1) is 18.4. The number of rotatable bonds is 14. The van der Waals surface area contributed by atoms with E-state index in [0.717, 1.165) is 25.9 Å². The number of aliphatic hydroxyl groups excluding tert-OH is 1. The lowest BCUT2D eigenvalue weighted by atomic mass is 10.1. The molecule has 3 N–H and O–H groups in total. The standard InChI is InChI=1S/C15H31NO3/c1-2-3-4-5-6-7-9-12-19-13-10-8-11-14(17)15(16)18/h14,17H,2-13H2,1H3,(H2,16,18). The third-order valence-corrected chi connectivity index (χ3v) is 3.24. The number of nitrogens with two attached hydrogens (primary N) is 1. The molecule has 0 heterocycles. The first-order chi connectivity index (χ1) is 9.18. The van der Waals surface area contributed by atoms with E-state index in [1.54, 1.807) is 0 Å². The molecule has 1 unspecified atom stereocenters. The van der Waals surface area contributed by atoms with Crippen LogP contribution in [0.15, 0.2) is 0 Å². The Labute approximate surface area is 117 Å². The van der Waals surface area contributed by atoms with Gasteiger partial charge in [-0.15, -0.1) is 0 Å². The fourth-order valence-corrected chi connectivity index (χ4v) is 1.95. The van der Waals surface area contributed by atoms with Crippen molar-refractivity contribution in [2.24, 2.45) is 5.73 Å². The summed E-state index contributed by atoms with van der Waals surface area (Å²) < 4.78 is 5.51. The van der Waals surface area contributed by atoms with Gasteiger partial charge in [-0.05, 0) is 25.7 Å². The largest absolute Gasteiger partial charge is 0.383 e. The van der Waals surface area contributed by atoms with E-state index in [9.17, 15) is 9.90 Å². The van der Waals surface area contributed by atoms with Crippen LogP contribution in [0.25, 0.3) is 0 Å². The first-order valence-electron chi connectivity index (χ1n) is 7.73. The van der Waals surface area contributed by atoms with Gasteiger partial charge in [0.05, 0.1) is 0 Å². The molecule has 4 heteroatoms. The second-order valence-electron chi connectivity index (χ2n) is 5.15. The highest BCUT2D eigenvalue weighted by atomic mass is 16.5. The van der Waals surface area contributed by atoms with Crippen molar-refractivity contribution in [1.29, 1.82) is 0 Å². The number of hydrogen-bond acceptors (Lipinski definition) is 3. The zero-order valence-electron chi connectivity index (χ0n) is 12.4. The van der Waals surface area contributed by atoms with Gasteiger partial charge in [0.25, 0.3) is 0 Å². The van der Waals surface area contributed by atoms with Crippen molar-refractivity contribution >= 4 is 5.91 Å². The van der Waals surface area contributed by atoms with Crippen molar-refractivity contribution in [3.05, 3.63) is 0 Å². The Morgan fingerprint density at radius 3 is 2.11 bits per heavy atom. The van der Waals surface area contributed by atoms with Crippen LogP contribution in [0.4, 0.5) is 0 Å². The number of carbonyl (C=O) groups excluding carboxylic acids is 1. The molecule has 0 spiro atoms. The van der Waals surface area contributed by atoms with Gasteiger partial charge in [-0.3, -0.25) is 4.79 Å². The number of primary amides is 1. The van der Waals surface area contributed by atoms with Gasteiger partial charge in [-0.25, -0.2) is 0 Å². The Hall–Kier alpha value is -0.610. The van der Waals surface area contributed by atoms with Crippen LogP contribution in [0, 0.1) is 0 Å². The van der Waals surface area contributed by atoms with Crippen LogP contribution in [-0.4, -0.2) is 30.3 Å². The van der Waals surface area contributed by atoms with Gasteiger partial charge in [0.15, 0.2) is 0 Å². The number of amides is 1. The number of hydrogen-bond donors (Lipinski definition) is 2. The van der Waals surface area contributed by atoms with E-state index >= 15 is 0 Å². The minimum Gasteiger partial charge on any atom is -0.383 e. The SMILES string of the molecule is CCCCCCCCCOCCCCC(O)C(N)=O. The van der Waals surface area contributed by atoms with E-state index in [1.807, 2.05) is 0 Å². The fourth-order valence-electron chi connectivity index (χ4n) is 1.95. The number of ether oxygens (including phenoxy) is 1. The molecule has 1 atom stereocenters. The van der Waals surface area contributed by atoms with Crippen molar-refractivity contribution in [3.63, 3.8) is 0 Å². The average molecular weight is 273 g/mol. The molecule has 0 aliphatic carbocycles. The van der Waals surface area contributed by atoms with Crippen LogP contribution in [0.1, 0.15) is 71.1 Å². The minimum atomic E-state index is -0.997. The van der Waals surface area contributed by atoms with Gasteiger partial charge in [-0.1, -0.05) is 45.4 Å². The molecule has 1 amide bonds. The third kappa shape index (κ3) is 13.6. The lowest BCUT2D eigenvalue weighted by molar-refractivity contribution is -0.126. The molecule has 0 aromatic rings. The smallest absolute Gasteiger partial charge is 0.246 e. The van der Waals surface area contributed by atoms with E-state index in [0.29, 0.717) is 13.0 Å². The van der Waals surface area contributed by atoms with Crippen molar-refractivity contribution < 1.29 is 14.6 Å². The second-order valence-corrected chi connectivity index (χ2v) is 5.15. The van der Waals surface area contributed by atoms with Gasteiger partial charge >= 0.3 is 0 Å². The molecule has 114 valence electrons. The lowest BCUT2D eigenvalue weighted by Crippen LogP contribution is -2.27. The van der Waals surface area contributed by atoms with Gasteiger partial charge in [-0.2, -0.15) is 0 Å². The van der Waals surface area contributed by atoms with Crippen LogP contribution in [0.5, 0.6) is 0 Å². The van der Waals surface area contributed by atoms with Crippen LogP contribution >= 0.6 is 0 Å². The minimum absolute atomic E-state index is 0.441. The molecular weight excluding hydrogens is 242 g/mol. The normalized spacial score (nSPS) is 12.5. The zero-order valence-corrected chi connectivity index (χ0v) is 12.4. The number of carbonyl (C=O) groups is 1. The molecule has 0 aliphatic rings. The maximum absolute atomic E-state index is 10.6. The van der Waals surface area contributed by atoms with E-state index in [4.69, 9.17) is 10.5 Å².